The molecule has 1 rings (SSSR count). The minimum absolute atomic E-state index is 1.00. The second-order valence-electron chi connectivity index (χ2n) is 2.12. The summed E-state index contributed by atoms with van der Waals surface area (Å²) in [5.41, 5.74) is 0. The van der Waals surface area contributed by atoms with Crippen molar-refractivity contribution in [2.75, 3.05) is 13.2 Å². The minimum atomic E-state index is -4.67. The molecular weight excluding hydrogens is 172 g/mol. The summed E-state index contributed by atoms with van der Waals surface area (Å²) in [6.07, 6.45) is 3.93. The number of rotatable bonds is 0. The molecule has 0 aromatic rings. The molecule has 1 heterocycles. The van der Waals surface area contributed by atoms with Crippen LogP contribution < -0.4 is 0 Å². The Balaban J connectivity index is 0.000000187. The Kier molecular flexibility index (Phi) is 5.39. The van der Waals surface area contributed by atoms with Crippen LogP contribution in [0.5, 0.6) is 0 Å². The third kappa shape index (κ3) is 17.7. The minimum Gasteiger partial charge on any atom is -0.381 e. The fourth-order valence-corrected chi connectivity index (χ4v) is 0.687. The van der Waals surface area contributed by atoms with Crippen LogP contribution in [0.2, 0.25) is 0 Å². The fraction of sp³-hybridized carbons (Fsp3) is 1.00. The van der Waals surface area contributed by atoms with Crippen molar-refractivity contribution in [3.8, 4) is 0 Å². The SMILES string of the molecule is C1CCOCC1.O=S(=O)(O)O. The van der Waals surface area contributed by atoms with E-state index in [1.807, 2.05) is 0 Å². The Morgan fingerprint density at radius 2 is 1.36 bits per heavy atom. The molecular formula is C5H12O5S. The maximum absolute atomic E-state index is 8.74. The second-order valence-corrected chi connectivity index (χ2v) is 3.02. The van der Waals surface area contributed by atoms with Gasteiger partial charge in [0.2, 0.25) is 0 Å². The van der Waals surface area contributed by atoms with Crippen molar-refractivity contribution in [3.63, 3.8) is 0 Å². The van der Waals surface area contributed by atoms with Gasteiger partial charge in [-0.3, -0.25) is 9.11 Å². The monoisotopic (exact) mass is 184 g/mol. The normalized spacial score (nSPS) is 18.4. The lowest BCUT2D eigenvalue weighted by atomic mass is 10.2. The van der Waals surface area contributed by atoms with Crippen molar-refractivity contribution in [2.24, 2.45) is 0 Å². The smallest absolute Gasteiger partial charge is 0.381 e. The van der Waals surface area contributed by atoms with E-state index < -0.39 is 10.4 Å². The molecule has 1 saturated heterocycles. The highest BCUT2D eigenvalue weighted by molar-refractivity contribution is 7.79. The van der Waals surface area contributed by atoms with Gasteiger partial charge in [0.25, 0.3) is 0 Å². The first-order valence-corrected chi connectivity index (χ1v) is 4.67. The third-order valence-corrected chi connectivity index (χ3v) is 1.08. The van der Waals surface area contributed by atoms with E-state index in [0.717, 1.165) is 13.2 Å². The Morgan fingerprint density at radius 3 is 1.45 bits per heavy atom. The van der Waals surface area contributed by atoms with Crippen molar-refractivity contribution >= 4 is 10.4 Å². The summed E-state index contributed by atoms with van der Waals surface area (Å²) in [6, 6.07) is 0. The van der Waals surface area contributed by atoms with Gasteiger partial charge in [0.15, 0.2) is 0 Å². The Labute approximate surface area is 65.9 Å². The van der Waals surface area contributed by atoms with Crippen LogP contribution in [-0.2, 0) is 15.1 Å². The van der Waals surface area contributed by atoms with E-state index in [0.29, 0.717) is 0 Å². The molecule has 6 heteroatoms. The third-order valence-electron chi connectivity index (χ3n) is 1.08. The van der Waals surface area contributed by atoms with Gasteiger partial charge in [0.1, 0.15) is 0 Å². The quantitative estimate of drug-likeness (QED) is 0.536. The molecule has 0 spiro atoms. The fourth-order valence-electron chi connectivity index (χ4n) is 0.687. The molecule has 0 amide bonds. The molecule has 68 valence electrons. The number of hydrogen-bond acceptors (Lipinski definition) is 3. The predicted octanol–water partition coefficient (Wildman–Crippen LogP) is 0.534. The summed E-state index contributed by atoms with van der Waals surface area (Å²) >= 11 is 0. The van der Waals surface area contributed by atoms with Crippen LogP contribution in [0.3, 0.4) is 0 Å². The molecule has 0 atom stereocenters. The van der Waals surface area contributed by atoms with Crippen LogP contribution in [0, 0.1) is 0 Å². The molecule has 1 aliphatic rings. The maximum Gasteiger partial charge on any atom is 0.394 e. The average Bonchev–Trinajstić information content (AvgIpc) is 1.88. The Bertz CT molecular complexity index is 150. The van der Waals surface area contributed by atoms with Crippen LogP contribution in [0.25, 0.3) is 0 Å². The van der Waals surface area contributed by atoms with E-state index in [2.05, 4.69) is 0 Å². The lowest BCUT2D eigenvalue weighted by Gasteiger charge is -2.08. The highest BCUT2D eigenvalue weighted by Crippen LogP contribution is 2.02. The standard InChI is InChI=1S/C5H10O.H2O4S/c1-2-4-6-5-3-1;1-5(2,3)4/h1-5H2;(H2,1,2,3,4). The lowest BCUT2D eigenvalue weighted by Crippen LogP contribution is -2.03. The zero-order valence-corrected chi connectivity index (χ0v) is 6.88. The van der Waals surface area contributed by atoms with Crippen molar-refractivity contribution in [1.29, 1.82) is 0 Å². The topological polar surface area (TPSA) is 83.8 Å². The van der Waals surface area contributed by atoms with Crippen LogP contribution in [0.4, 0.5) is 0 Å². The summed E-state index contributed by atoms with van der Waals surface area (Å²) in [5.74, 6) is 0. The van der Waals surface area contributed by atoms with E-state index in [4.69, 9.17) is 22.3 Å². The summed E-state index contributed by atoms with van der Waals surface area (Å²) in [6.45, 7) is 2.00. The van der Waals surface area contributed by atoms with Gasteiger partial charge in [-0.1, -0.05) is 0 Å². The van der Waals surface area contributed by atoms with Gasteiger partial charge < -0.3 is 4.74 Å². The van der Waals surface area contributed by atoms with E-state index in [1.165, 1.54) is 19.3 Å². The van der Waals surface area contributed by atoms with Crippen LogP contribution in [0.15, 0.2) is 0 Å². The molecule has 2 N–H and O–H groups in total. The Hall–Kier alpha value is -0.170. The molecule has 1 aliphatic heterocycles. The summed E-state index contributed by atoms with van der Waals surface area (Å²) in [4.78, 5) is 0. The first-order valence-electron chi connectivity index (χ1n) is 3.28. The molecule has 0 bridgehead atoms. The van der Waals surface area contributed by atoms with E-state index in [1.54, 1.807) is 0 Å². The van der Waals surface area contributed by atoms with E-state index >= 15 is 0 Å². The van der Waals surface area contributed by atoms with Crippen LogP contribution >= 0.6 is 0 Å². The first-order chi connectivity index (χ1) is 5.00. The average molecular weight is 184 g/mol. The molecule has 1 fully saturated rings. The van der Waals surface area contributed by atoms with Crippen molar-refractivity contribution in [2.45, 2.75) is 19.3 Å². The summed E-state index contributed by atoms with van der Waals surface area (Å²) in [5, 5.41) is 0. The molecule has 0 aliphatic carbocycles. The maximum atomic E-state index is 8.74. The predicted molar refractivity (Wildman–Crippen MR) is 38.8 cm³/mol. The van der Waals surface area contributed by atoms with E-state index in [9.17, 15) is 0 Å². The molecule has 5 nitrogen and oxygen atoms in total. The first kappa shape index (κ1) is 10.8. The molecule has 0 aromatic carbocycles. The van der Waals surface area contributed by atoms with Gasteiger partial charge >= 0.3 is 10.4 Å². The summed E-state index contributed by atoms with van der Waals surface area (Å²) in [7, 11) is -4.67. The second kappa shape index (κ2) is 5.48. The largest absolute Gasteiger partial charge is 0.394 e. The Morgan fingerprint density at radius 1 is 1.00 bits per heavy atom. The van der Waals surface area contributed by atoms with Crippen molar-refractivity contribution in [3.05, 3.63) is 0 Å². The molecule has 0 saturated carbocycles. The van der Waals surface area contributed by atoms with Crippen molar-refractivity contribution in [1.82, 2.24) is 0 Å². The molecule has 0 unspecified atom stereocenters. The molecule has 0 radical (unpaired) electrons. The highest BCUT2D eigenvalue weighted by atomic mass is 32.3. The van der Waals surface area contributed by atoms with Gasteiger partial charge in [0, 0.05) is 13.2 Å². The van der Waals surface area contributed by atoms with E-state index in [-0.39, 0.29) is 0 Å². The highest BCUT2D eigenvalue weighted by Gasteiger charge is 1.95. The number of ether oxygens (including phenoxy) is 1. The van der Waals surface area contributed by atoms with Gasteiger partial charge in [-0.15, -0.1) is 0 Å². The van der Waals surface area contributed by atoms with Gasteiger partial charge in [-0.2, -0.15) is 8.42 Å². The lowest BCUT2D eigenvalue weighted by molar-refractivity contribution is 0.0968. The van der Waals surface area contributed by atoms with Crippen molar-refractivity contribution < 1.29 is 22.3 Å². The van der Waals surface area contributed by atoms with Crippen LogP contribution in [-0.4, -0.2) is 30.7 Å². The van der Waals surface area contributed by atoms with Gasteiger partial charge in [-0.25, -0.2) is 0 Å². The zero-order chi connectivity index (χ0) is 8.74. The summed E-state index contributed by atoms with van der Waals surface area (Å²) < 4.78 is 36.7. The van der Waals surface area contributed by atoms with Gasteiger partial charge in [0.05, 0.1) is 0 Å². The number of hydrogen-bond donors (Lipinski definition) is 2. The zero-order valence-electron chi connectivity index (χ0n) is 6.06. The van der Waals surface area contributed by atoms with Crippen LogP contribution in [0.1, 0.15) is 19.3 Å². The molecule has 11 heavy (non-hydrogen) atoms. The van der Waals surface area contributed by atoms with Gasteiger partial charge in [-0.05, 0) is 19.3 Å². The molecule has 0 aromatic heterocycles.